The third-order valence-electron chi connectivity index (χ3n) is 4.67. The number of hydrogen-bond donors (Lipinski definition) is 4. The molecule has 0 fully saturated rings. The quantitative estimate of drug-likeness (QED) is 0.0970. The Morgan fingerprint density at radius 1 is 0.974 bits per heavy atom. The molecule has 3 aromatic carbocycles. The summed E-state index contributed by atoms with van der Waals surface area (Å²) < 4.78 is 86.2. The number of ether oxygens (including phenoxy) is 2. The van der Waals surface area contributed by atoms with Gasteiger partial charge in [-0.25, -0.2) is 17.6 Å². The predicted molar refractivity (Wildman–Crippen MR) is 140 cm³/mol. The van der Waals surface area contributed by atoms with Gasteiger partial charge in [-0.3, -0.25) is 4.72 Å². The topological polar surface area (TPSA) is 126 Å². The maximum Gasteiger partial charge on any atom is 0.441 e. The van der Waals surface area contributed by atoms with Crippen molar-refractivity contribution in [2.75, 3.05) is 34.0 Å². The second-order valence-electron chi connectivity index (χ2n) is 7.91. The number of hydrogen-bond acceptors (Lipinski definition) is 7. The SMILES string of the molecule is CS(=O)(=O)Nc1cc(NC(=O)Nc2ccc(OCc3ccc(OCCSC(F)(F)F)c(F)c3)cc2)ccc1O. The molecule has 210 valence electrons. The van der Waals surface area contributed by atoms with Crippen LogP contribution < -0.4 is 24.8 Å². The first-order chi connectivity index (χ1) is 18.3. The number of amides is 2. The molecular formula is C24H23F4N3O6S2. The minimum absolute atomic E-state index is 0.000905. The van der Waals surface area contributed by atoms with Gasteiger partial charge in [-0.05, 0) is 71.9 Å². The summed E-state index contributed by atoms with van der Waals surface area (Å²) in [6.07, 6.45) is 0.921. The second kappa shape index (κ2) is 12.8. The van der Waals surface area contributed by atoms with Crippen molar-refractivity contribution in [3.63, 3.8) is 0 Å². The van der Waals surface area contributed by atoms with E-state index in [0.717, 1.165) is 12.3 Å². The number of carbonyl (C=O) groups excluding carboxylic acids is 1. The molecule has 0 aliphatic carbocycles. The number of urea groups is 1. The fourth-order valence-corrected chi connectivity index (χ4v) is 4.01. The molecule has 0 saturated carbocycles. The number of benzene rings is 3. The number of sulfonamides is 1. The van der Waals surface area contributed by atoms with Gasteiger partial charge in [-0.1, -0.05) is 6.07 Å². The number of thioether (sulfide) groups is 1. The van der Waals surface area contributed by atoms with Crippen molar-refractivity contribution >= 4 is 44.9 Å². The maximum atomic E-state index is 14.2. The Balaban J connectivity index is 1.48. The van der Waals surface area contributed by atoms with Gasteiger partial charge in [0.05, 0.1) is 18.6 Å². The molecule has 0 atom stereocenters. The van der Waals surface area contributed by atoms with E-state index in [1.807, 2.05) is 0 Å². The minimum atomic E-state index is -4.37. The fourth-order valence-electron chi connectivity index (χ4n) is 3.05. The number of carbonyl (C=O) groups is 1. The van der Waals surface area contributed by atoms with Crippen molar-refractivity contribution < 1.29 is 45.4 Å². The molecule has 0 radical (unpaired) electrons. The summed E-state index contributed by atoms with van der Waals surface area (Å²) in [6.45, 7) is -0.301. The van der Waals surface area contributed by atoms with Gasteiger partial charge in [-0.2, -0.15) is 13.2 Å². The number of phenols is 1. The molecule has 0 aliphatic rings. The lowest BCUT2D eigenvalue weighted by Crippen LogP contribution is -2.19. The Morgan fingerprint density at radius 3 is 2.28 bits per heavy atom. The van der Waals surface area contributed by atoms with Crippen LogP contribution in [-0.4, -0.2) is 43.7 Å². The van der Waals surface area contributed by atoms with Gasteiger partial charge in [0.2, 0.25) is 10.0 Å². The van der Waals surface area contributed by atoms with Crippen LogP contribution in [-0.2, 0) is 16.6 Å². The molecule has 9 nitrogen and oxygen atoms in total. The van der Waals surface area contributed by atoms with Crippen LogP contribution in [0.15, 0.2) is 60.7 Å². The Morgan fingerprint density at radius 2 is 1.64 bits per heavy atom. The Bertz CT molecular complexity index is 1400. The zero-order valence-electron chi connectivity index (χ0n) is 20.2. The van der Waals surface area contributed by atoms with E-state index < -0.39 is 27.4 Å². The first kappa shape index (κ1) is 29.7. The second-order valence-corrected chi connectivity index (χ2v) is 10.8. The smallest absolute Gasteiger partial charge is 0.441 e. The Kier molecular flexibility index (Phi) is 9.75. The maximum absolute atomic E-state index is 14.2. The summed E-state index contributed by atoms with van der Waals surface area (Å²) >= 11 is -0.249. The zero-order valence-corrected chi connectivity index (χ0v) is 21.8. The van der Waals surface area contributed by atoms with Gasteiger partial charge in [-0.15, -0.1) is 0 Å². The number of anilines is 3. The van der Waals surface area contributed by atoms with Crippen molar-refractivity contribution in [1.82, 2.24) is 0 Å². The highest BCUT2D eigenvalue weighted by Gasteiger charge is 2.27. The van der Waals surface area contributed by atoms with E-state index in [0.29, 0.717) is 17.0 Å². The molecule has 0 saturated heterocycles. The number of phenolic OH excluding ortho intramolecular Hbond substituents is 1. The Hall–Kier alpha value is -3.85. The molecule has 0 bridgehead atoms. The van der Waals surface area contributed by atoms with Crippen LogP contribution >= 0.6 is 11.8 Å². The summed E-state index contributed by atoms with van der Waals surface area (Å²) in [6, 6.07) is 13.5. The summed E-state index contributed by atoms with van der Waals surface area (Å²) in [5.74, 6) is -1.15. The van der Waals surface area contributed by atoms with Crippen molar-refractivity contribution in [2.45, 2.75) is 12.1 Å². The first-order valence-electron chi connectivity index (χ1n) is 11.0. The number of aromatic hydroxyl groups is 1. The van der Waals surface area contributed by atoms with E-state index >= 15 is 0 Å². The molecule has 0 heterocycles. The molecular weight excluding hydrogens is 566 g/mol. The van der Waals surface area contributed by atoms with Gasteiger partial charge in [0.1, 0.15) is 18.1 Å². The van der Waals surface area contributed by atoms with Crippen molar-refractivity contribution in [3.05, 3.63) is 72.0 Å². The van der Waals surface area contributed by atoms with E-state index in [4.69, 9.17) is 9.47 Å². The monoisotopic (exact) mass is 589 g/mol. The summed E-state index contributed by atoms with van der Waals surface area (Å²) in [5.41, 5.74) is -3.38. The van der Waals surface area contributed by atoms with Crippen LogP contribution in [0.5, 0.6) is 17.2 Å². The lowest BCUT2D eigenvalue weighted by molar-refractivity contribution is -0.0329. The van der Waals surface area contributed by atoms with Crippen molar-refractivity contribution in [1.29, 1.82) is 0 Å². The van der Waals surface area contributed by atoms with E-state index in [1.165, 1.54) is 30.3 Å². The van der Waals surface area contributed by atoms with E-state index in [9.17, 15) is 35.9 Å². The third-order valence-corrected chi connectivity index (χ3v) is 5.96. The van der Waals surface area contributed by atoms with Crippen LogP contribution in [0.2, 0.25) is 0 Å². The van der Waals surface area contributed by atoms with Crippen LogP contribution in [0.25, 0.3) is 0 Å². The van der Waals surface area contributed by atoms with Gasteiger partial charge in [0.15, 0.2) is 11.6 Å². The molecule has 0 unspecified atom stereocenters. The first-order valence-corrected chi connectivity index (χ1v) is 13.9. The van der Waals surface area contributed by atoms with E-state index in [2.05, 4.69) is 15.4 Å². The van der Waals surface area contributed by atoms with E-state index in [1.54, 1.807) is 24.3 Å². The number of halogens is 4. The average molecular weight is 590 g/mol. The van der Waals surface area contributed by atoms with Crippen LogP contribution in [0.4, 0.5) is 39.4 Å². The van der Waals surface area contributed by atoms with Crippen LogP contribution in [0, 0.1) is 5.82 Å². The van der Waals surface area contributed by atoms with Gasteiger partial charge in [0.25, 0.3) is 0 Å². The normalized spacial score (nSPS) is 11.5. The highest BCUT2D eigenvalue weighted by molar-refractivity contribution is 8.00. The highest BCUT2D eigenvalue weighted by atomic mass is 32.2. The van der Waals surface area contributed by atoms with Crippen molar-refractivity contribution in [3.8, 4) is 17.2 Å². The van der Waals surface area contributed by atoms with Gasteiger partial charge in [0, 0.05) is 17.1 Å². The standard InChI is InChI=1S/C24H23F4N3O6S2/c1-39(34,35)31-20-13-17(5-8-21(20)32)30-23(33)29-16-3-6-18(7-4-16)37-14-15-2-9-22(19(25)12-15)36-10-11-38-24(26,27)28/h2-9,12-13,31-32H,10-11,14H2,1H3,(H2,29,30,33). The van der Waals surface area contributed by atoms with E-state index in [-0.39, 0.29) is 53.6 Å². The molecule has 4 N–H and O–H groups in total. The molecule has 3 aromatic rings. The third kappa shape index (κ3) is 10.4. The molecule has 2 amide bonds. The lowest BCUT2D eigenvalue weighted by Gasteiger charge is -2.12. The number of rotatable bonds is 11. The molecule has 0 aromatic heterocycles. The number of alkyl halides is 3. The average Bonchev–Trinajstić information content (AvgIpc) is 2.83. The van der Waals surface area contributed by atoms with Crippen molar-refractivity contribution in [2.24, 2.45) is 0 Å². The molecule has 15 heteroatoms. The number of nitrogens with one attached hydrogen (secondary N) is 3. The summed E-state index contributed by atoms with van der Waals surface area (Å²) in [5, 5.41) is 14.9. The predicted octanol–water partition coefficient (Wildman–Crippen LogP) is 5.76. The zero-order chi connectivity index (χ0) is 28.6. The molecule has 0 aliphatic heterocycles. The van der Waals surface area contributed by atoms with Gasteiger partial charge < -0.3 is 25.2 Å². The summed E-state index contributed by atoms with van der Waals surface area (Å²) in [7, 11) is -3.64. The van der Waals surface area contributed by atoms with Crippen LogP contribution in [0.1, 0.15) is 5.56 Å². The summed E-state index contributed by atoms with van der Waals surface area (Å²) in [4.78, 5) is 12.3. The molecule has 39 heavy (non-hydrogen) atoms. The Labute approximate surface area is 225 Å². The minimum Gasteiger partial charge on any atom is -0.506 e. The fraction of sp³-hybridized carbons (Fsp3) is 0.208. The highest BCUT2D eigenvalue weighted by Crippen LogP contribution is 2.30. The molecule has 0 spiro atoms. The molecule has 3 rings (SSSR count). The lowest BCUT2D eigenvalue weighted by atomic mass is 10.2. The van der Waals surface area contributed by atoms with Crippen LogP contribution in [0.3, 0.4) is 0 Å². The van der Waals surface area contributed by atoms with Gasteiger partial charge >= 0.3 is 11.5 Å². The largest absolute Gasteiger partial charge is 0.506 e.